The molecule has 9 heteroatoms. The molecule has 0 aliphatic carbocycles. The first-order valence-corrected chi connectivity index (χ1v) is 12.4. The van der Waals surface area contributed by atoms with Crippen molar-refractivity contribution in [3.05, 3.63) is 95.0 Å². The lowest BCUT2D eigenvalue weighted by Crippen LogP contribution is -2.36. The standard InChI is InChI=1S/C28H21N3O5S/c32-26(29-20-10-11-23-24(13-20)36-17-35-23)16-31-27(33)25(37-28(31)34)12-19-15-30(14-18-6-2-1-3-7-18)22-9-5-4-8-21(19)22/h1-13,15H,14,16-17H2,(H,29,32)/b25-12-. The minimum absolute atomic E-state index is 0.126. The molecule has 6 rings (SSSR count). The van der Waals surface area contributed by atoms with Crippen LogP contribution in [0.2, 0.25) is 0 Å². The second-order valence-corrected chi connectivity index (χ2v) is 9.59. The molecule has 2 aliphatic rings. The Labute approximate surface area is 216 Å². The molecule has 1 fully saturated rings. The maximum atomic E-state index is 13.1. The third kappa shape index (κ3) is 4.56. The molecular formula is C28H21N3O5S. The van der Waals surface area contributed by atoms with Gasteiger partial charge in [0, 0.05) is 41.0 Å². The van der Waals surface area contributed by atoms with Gasteiger partial charge >= 0.3 is 0 Å². The number of amides is 3. The third-order valence-electron chi connectivity index (χ3n) is 6.13. The van der Waals surface area contributed by atoms with Crippen molar-refractivity contribution in [2.24, 2.45) is 0 Å². The van der Waals surface area contributed by atoms with Gasteiger partial charge in [0.1, 0.15) is 6.54 Å². The van der Waals surface area contributed by atoms with Gasteiger partial charge in [-0.1, -0.05) is 48.5 Å². The van der Waals surface area contributed by atoms with Crippen LogP contribution in [0.1, 0.15) is 11.1 Å². The molecule has 1 N–H and O–H groups in total. The van der Waals surface area contributed by atoms with E-state index in [0.717, 1.165) is 38.7 Å². The molecule has 1 aromatic heterocycles. The van der Waals surface area contributed by atoms with E-state index < -0.39 is 17.1 Å². The zero-order valence-electron chi connectivity index (χ0n) is 19.5. The summed E-state index contributed by atoms with van der Waals surface area (Å²) in [5.41, 5.74) is 3.51. The second-order valence-electron chi connectivity index (χ2n) is 8.60. The zero-order valence-corrected chi connectivity index (χ0v) is 20.4. The van der Waals surface area contributed by atoms with Gasteiger partial charge in [-0.05, 0) is 41.6 Å². The number of aromatic nitrogens is 1. The zero-order chi connectivity index (χ0) is 25.4. The van der Waals surface area contributed by atoms with E-state index in [0.29, 0.717) is 23.7 Å². The van der Waals surface area contributed by atoms with Crippen LogP contribution >= 0.6 is 11.8 Å². The number of nitrogens with zero attached hydrogens (tertiary/aromatic N) is 2. The molecule has 3 heterocycles. The average Bonchev–Trinajstić information content (AvgIpc) is 3.58. The van der Waals surface area contributed by atoms with Gasteiger partial charge in [-0.25, -0.2) is 0 Å². The Hall–Kier alpha value is -4.50. The van der Waals surface area contributed by atoms with Gasteiger partial charge in [-0.15, -0.1) is 0 Å². The summed E-state index contributed by atoms with van der Waals surface area (Å²) in [5, 5.41) is 3.20. The van der Waals surface area contributed by atoms with Gasteiger partial charge in [0.25, 0.3) is 11.1 Å². The predicted molar refractivity (Wildman–Crippen MR) is 141 cm³/mol. The summed E-state index contributed by atoms with van der Waals surface area (Å²) in [7, 11) is 0. The highest BCUT2D eigenvalue weighted by Gasteiger charge is 2.36. The van der Waals surface area contributed by atoms with E-state index in [-0.39, 0.29) is 18.2 Å². The van der Waals surface area contributed by atoms with E-state index in [1.807, 2.05) is 48.7 Å². The Morgan fingerprint density at radius 1 is 0.973 bits per heavy atom. The fourth-order valence-corrected chi connectivity index (χ4v) is 5.23. The van der Waals surface area contributed by atoms with E-state index in [1.165, 1.54) is 0 Å². The molecule has 0 bridgehead atoms. The van der Waals surface area contributed by atoms with Gasteiger partial charge < -0.3 is 19.4 Å². The molecule has 1 saturated heterocycles. The van der Waals surface area contributed by atoms with Crippen LogP contribution in [-0.2, 0) is 16.1 Å². The van der Waals surface area contributed by atoms with Crippen LogP contribution in [0.15, 0.2) is 83.9 Å². The normalized spacial score (nSPS) is 15.7. The summed E-state index contributed by atoms with van der Waals surface area (Å²) in [6, 6.07) is 23.0. The summed E-state index contributed by atoms with van der Waals surface area (Å²) in [6.45, 7) is 0.420. The first-order chi connectivity index (χ1) is 18.0. The maximum absolute atomic E-state index is 13.1. The van der Waals surface area contributed by atoms with Crippen molar-refractivity contribution < 1.29 is 23.9 Å². The summed E-state index contributed by atoms with van der Waals surface area (Å²) < 4.78 is 12.7. The SMILES string of the molecule is O=C(CN1C(=O)S/C(=C\c2cn(Cc3ccccc3)c3ccccc23)C1=O)Nc1ccc2c(c1)OCO2. The van der Waals surface area contributed by atoms with E-state index in [2.05, 4.69) is 22.0 Å². The van der Waals surface area contributed by atoms with Crippen LogP contribution in [0.4, 0.5) is 10.5 Å². The smallest absolute Gasteiger partial charge is 0.294 e. The molecule has 184 valence electrons. The van der Waals surface area contributed by atoms with Crippen LogP contribution in [0.5, 0.6) is 11.5 Å². The number of anilines is 1. The number of thioether (sulfide) groups is 1. The van der Waals surface area contributed by atoms with E-state index in [1.54, 1.807) is 24.3 Å². The molecule has 2 aliphatic heterocycles. The fourth-order valence-electron chi connectivity index (χ4n) is 4.40. The number of imide groups is 1. The molecule has 8 nitrogen and oxygen atoms in total. The first-order valence-electron chi connectivity index (χ1n) is 11.6. The highest BCUT2D eigenvalue weighted by atomic mass is 32.2. The largest absolute Gasteiger partial charge is 0.454 e. The number of ether oxygens (including phenoxy) is 2. The number of carbonyl (C=O) groups excluding carboxylic acids is 3. The van der Waals surface area contributed by atoms with Crippen molar-refractivity contribution in [1.82, 2.24) is 9.47 Å². The number of hydrogen-bond donors (Lipinski definition) is 1. The summed E-state index contributed by atoms with van der Waals surface area (Å²) in [4.78, 5) is 39.6. The number of para-hydroxylation sites is 1. The van der Waals surface area contributed by atoms with E-state index >= 15 is 0 Å². The number of nitrogens with one attached hydrogen (secondary N) is 1. The molecule has 0 radical (unpaired) electrons. The first kappa shape index (κ1) is 22.9. The molecule has 37 heavy (non-hydrogen) atoms. The average molecular weight is 512 g/mol. The van der Waals surface area contributed by atoms with Crippen LogP contribution in [0, 0.1) is 0 Å². The Morgan fingerprint density at radius 2 is 1.76 bits per heavy atom. The molecule has 0 unspecified atom stereocenters. The van der Waals surface area contributed by atoms with Gasteiger partial charge in [-0.2, -0.15) is 0 Å². The lowest BCUT2D eigenvalue weighted by molar-refractivity contribution is -0.127. The molecule has 3 aromatic carbocycles. The lowest BCUT2D eigenvalue weighted by atomic mass is 10.1. The van der Waals surface area contributed by atoms with E-state index in [9.17, 15) is 14.4 Å². The molecular weight excluding hydrogens is 490 g/mol. The Bertz CT molecular complexity index is 1580. The lowest BCUT2D eigenvalue weighted by Gasteiger charge is -2.12. The maximum Gasteiger partial charge on any atom is 0.294 e. The van der Waals surface area contributed by atoms with Crippen molar-refractivity contribution in [2.75, 3.05) is 18.7 Å². The predicted octanol–water partition coefficient (Wildman–Crippen LogP) is 5.09. The van der Waals surface area contributed by atoms with Crippen molar-refractivity contribution in [2.45, 2.75) is 6.54 Å². The van der Waals surface area contributed by atoms with Crippen LogP contribution in [0.25, 0.3) is 17.0 Å². The van der Waals surface area contributed by atoms with Gasteiger partial charge in [0.05, 0.1) is 4.91 Å². The van der Waals surface area contributed by atoms with Crippen LogP contribution < -0.4 is 14.8 Å². The fraction of sp³-hybridized carbons (Fsp3) is 0.107. The van der Waals surface area contributed by atoms with Crippen LogP contribution in [0.3, 0.4) is 0 Å². The Kier molecular flexibility index (Phi) is 5.90. The summed E-state index contributed by atoms with van der Waals surface area (Å²) >= 11 is 0.836. The highest BCUT2D eigenvalue weighted by Crippen LogP contribution is 2.36. The van der Waals surface area contributed by atoms with Crippen molar-refractivity contribution in [3.8, 4) is 11.5 Å². The van der Waals surface area contributed by atoms with Crippen molar-refractivity contribution in [3.63, 3.8) is 0 Å². The number of carbonyl (C=O) groups is 3. The molecule has 3 amide bonds. The number of benzene rings is 3. The number of rotatable bonds is 6. The van der Waals surface area contributed by atoms with Crippen LogP contribution in [-0.4, -0.2) is 39.9 Å². The second kappa shape index (κ2) is 9.51. The quantitative estimate of drug-likeness (QED) is 0.363. The van der Waals surface area contributed by atoms with Crippen molar-refractivity contribution >= 4 is 51.5 Å². The van der Waals surface area contributed by atoms with Gasteiger partial charge in [0.2, 0.25) is 12.7 Å². The highest BCUT2D eigenvalue weighted by molar-refractivity contribution is 8.18. The number of fused-ring (bicyclic) bond motifs is 2. The molecule has 4 aromatic rings. The molecule has 0 saturated carbocycles. The summed E-state index contributed by atoms with van der Waals surface area (Å²) in [5.74, 6) is 0.148. The molecule has 0 spiro atoms. The third-order valence-corrected chi connectivity index (χ3v) is 7.04. The Morgan fingerprint density at radius 3 is 2.62 bits per heavy atom. The van der Waals surface area contributed by atoms with Gasteiger partial charge in [-0.3, -0.25) is 19.3 Å². The number of hydrogen-bond acceptors (Lipinski definition) is 6. The monoisotopic (exact) mass is 511 g/mol. The summed E-state index contributed by atoms with van der Waals surface area (Å²) in [6.07, 6.45) is 3.71. The van der Waals surface area contributed by atoms with Gasteiger partial charge in [0.15, 0.2) is 11.5 Å². The minimum Gasteiger partial charge on any atom is -0.454 e. The van der Waals surface area contributed by atoms with Crippen molar-refractivity contribution in [1.29, 1.82) is 0 Å². The minimum atomic E-state index is -0.490. The topological polar surface area (TPSA) is 89.9 Å². The molecule has 0 atom stereocenters. The Balaban J connectivity index is 1.20. The van der Waals surface area contributed by atoms with E-state index in [4.69, 9.17) is 9.47 Å².